The number of carbonyl (C=O) groups excluding carboxylic acids is 1. The first-order valence-electron chi connectivity index (χ1n) is 15.5. The van der Waals surface area contributed by atoms with Gasteiger partial charge in [-0.15, -0.1) is 0 Å². The Morgan fingerprint density at radius 1 is 1.30 bits per heavy atom. The van der Waals surface area contributed by atoms with Crippen molar-refractivity contribution in [1.82, 2.24) is 9.97 Å². The average molecular weight is 600 g/mol. The number of aromatic nitrogens is 2. The lowest BCUT2D eigenvalue weighted by molar-refractivity contribution is -0.107. The molecule has 9 nitrogen and oxygen atoms in total. The molecule has 3 unspecified atom stereocenters. The van der Waals surface area contributed by atoms with Crippen molar-refractivity contribution in [3.8, 4) is 6.07 Å². The number of unbranched alkanes of at least 4 members (excludes halogenated alkanes) is 1. The highest BCUT2D eigenvalue weighted by atomic mass is 19.1. The third kappa shape index (κ3) is 11.0. The quantitative estimate of drug-likeness (QED) is 0.249. The van der Waals surface area contributed by atoms with E-state index in [1.54, 1.807) is 25.7 Å². The van der Waals surface area contributed by atoms with Crippen molar-refractivity contribution in [3.63, 3.8) is 0 Å². The second kappa shape index (κ2) is 17.7. The summed E-state index contributed by atoms with van der Waals surface area (Å²) in [5.74, 6) is 0.243. The van der Waals surface area contributed by atoms with Gasteiger partial charge in [0.05, 0.1) is 11.8 Å². The van der Waals surface area contributed by atoms with Gasteiger partial charge in [0.2, 0.25) is 12.4 Å². The van der Waals surface area contributed by atoms with Crippen LogP contribution in [0.4, 0.5) is 27.5 Å². The molecule has 1 amide bonds. The van der Waals surface area contributed by atoms with Gasteiger partial charge in [-0.1, -0.05) is 53.5 Å². The zero-order valence-electron chi connectivity index (χ0n) is 27.7. The Hall–Kier alpha value is -3.29. The van der Waals surface area contributed by atoms with Crippen LogP contribution in [0.1, 0.15) is 92.2 Å². The van der Waals surface area contributed by atoms with Gasteiger partial charge in [0.15, 0.2) is 5.82 Å². The van der Waals surface area contributed by atoms with E-state index in [4.69, 9.17) is 5.73 Å². The Balaban J connectivity index is 0.00000142. The fourth-order valence-electron chi connectivity index (χ4n) is 4.63. The topological polar surface area (TPSA) is 131 Å². The smallest absolute Gasteiger partial charge is 0.227 e. The van der Waals surface area contributed by atoms with Gasteiger partial charge in [-0.05, 0) is 64.8 Å². The minimum Gasteiger partial charge on any atom is -0.390 e. The summed E-state index contributed by atoms with van der Waals surface area (Å²) in [5, 5.41) is 22.9. The molecule has 1 saturated heterocycles. The van der Waals surface area contributed by atoms with E-state index in [-0.39, 0.29) is 17.4 Å². The lowest BCUT2D eigenvalue weighted by atomic mass is 9.75. The molecule has 1 aromatic carbocycles. The molecule has 1 aromatic heterocycles. The number of amides is 1. The monoisotopic (exact) mass is 599 g/mol. The molecule has 2 aromatic rings. The normalized spacial score (nSPS) is 19.7. The van der Waals surface area contributed by atoms with Gasteiger partial charge in [0, 0.05) is 42.8 Å². The van der Waals surface area contributed by atoms with Gasteiger partial charge in [-0.25, -0.2) is 9.37 Å². The molecule has 0 saturated carbocycles. The predicted molar refractivity (Wildman–Crippen MR) is 176 cm³/mol. The molecule has 10 heteroatoms. The molecule has 240 valence electrons. The first kappa shape index (κ1) is 37.7. The largest absolute Gasteiger partial charge is 0.390 e. The summed E-state index contributed by atoms with van der Waals surface area (Å²) in [6.45, 7) is 18.8. The molecule has 0 bridgehead atoms. The number of aryl methyl sites for hydroxylation is 1. The molecule has 3 atom stereocenters. The van der Waals surface area contributed by atoms with E-state index in [9.17, 15) is 15.2 Å². The fourth-order valence-corrected chi connectivity index (χ4v) is 4.63. The molecule has 1 aliphatic heterocycles. The molecule has 0 radical (unpaired) electrons. The highest BCUT2D eigenvalue weighted by molar-refractivity contribution is 5.80. The van der Waals surface area contributed by atoms with Crippen molar-refractivity contribution in [2.45, 2.75) is 99.3 Å². The maximum absolute atomic E-state index is 15.4. The van der Waals surface area contributed by atoms with E-state index in [2.05, 4.69) is 35.2 Å². The number of aliphatic hydroxyl groups is 1. The van der Waals surface area contributed by atoms with E-state index in [0.29, 0.717) is 62.2 Å². The lowest BCUT2D eigenvalue weighted by Gasteiger charge is -2.45. The summed E-state index contributed by atoms with van der Waals surface area (Å²) < 4.78 is 15.4. The Morgan fingerprint density at radius 2 is 1.95 bits per heavy atom. The second-order valence-electron chi connectivity index (χ2n) is 11.8. The number of halogens is 1. The van der Waals surface area contributed by atoms with Crippen molar-refractivity contribution in [2.75, 3.05) is 41.3 Å². The molecular weight excluding hydrogens is 545 g/mol. The summed E-state index contributed by atoms with van der Waals surface area (Å²) >= 11 is 0. The number of nitrogens with zero attached hydrogens (tertiary/aromatic N) is 5. The summed E-state index contributed by atoms with van der Waals surface area (Å²) in [5.41, 5.74) is 5.99. The summed E-state index contributed by atoms with van der Waals surface area (Å²) in [6, 6.07) is 7.64. The van der Waals surface area contributed by atoms with Crippen molar-refractivity contribution in [1.29, 1.82) is 5.26 Å². The number of hydrogen-bond donors (Lipinski definition) is 3. The zero-order valence-corrected chi connectivity index (χ0v) is 27.7. The number of benzene rings is 1. The van der Waals surface area contributed by atoms with Crippen LogP contribution in [0.5, 0.6) is 0 Å². The molecule has 0 spiro atoms. The molecule has 1 aliphatic rings. The Labute approximate surface area is 258 Å². The number of anilines is 4. The number of nitriles is 1. The van der Waals surface area contributed by atoms with Gasteiger partial charge in [-0.2, -0.15) is 10.2 Å². The number of carbonyl (C=O) groups is 1. The molecule has 1 fully saturated rings. The number of alkyl halides is 1. The van der Waals surface area contributed by atoms with Crippen LogP contribution in [-0.2, 0) is 4.79 Å². The van der Waals surface area contributed by atoms with Crippen LogP contribution in [0.25, 0.3) is 0 Å². The molecule has 2 heterocycles. The van der Waals surface area contributed by atoms with Crippen LogP contribution < -0.4 is 20.9 Å². The third-order valence-electron chi connectivity index (χ3n) is 7.76. The summed E-state index contributed by atoms with van der Waals surface area (Å²) in [7, 11) is 0. The molecule has 0 aliphatic carbocycles. The van der Waals surface area contributed by atoms with Gasteiger partial charge < -0.3 is 26.0 Å². The number of hydrogen-bond acceptors (Lipinski definition) is 8. The minimum absolute atomic E-state index is 0.244. The van der Waals surface area contributed by atoms with Crippen LogP contribution in [0.15, 0.2) is 24.4 Å². The number of nitrogens with two attached hydrogens (primary N) is 1. The maximum atomic E-state index is 15.4. The summed E-state index contributed by atoms with van der Waals surface area (Å²) in [4.78, 5) is 24.4. The average Bonchev–Trinajstić information content (AvgIpc) is 2.98. The van der Waals surface area contributed by atoms with Crippen LogP contribution in [0, 0.1) is 30.1 Å². The Bertz CT molecular complexity index is 1170. The maximum Gasteiger partial charge on any atom is 0.227 e. The standard InChI is InChI=1S/C27H38FN7O2.C4H10.C2H6/c1-18-6-7-22(12-23(18)34(17-36)11-9-26(3,4)37)32-24-20(13-30)14-31-25(33-24)35-15-19(2)27(5,28)21(16-35)8-10-29;1-3-4-2;1-2/h6-7,12,14,17,19,21,37H,8-11,15-16,29H2,1-5H3,(H,31,32,33);3-4H2,1-2H3;1-2H3. The van der Waals surface area contributed by atoms with E-state index in [0.717, 1.165) is 12.0 Å². The molecule has 4 N–H and O–H groups in total. The van der Waals surface area contributed by atoms with Crippen molar-refractivity contribution < 1.29 is 14.3 Å². The Kier molecular flexibility index (Phi) is 15.6. The van der Waals surface area contributed by atoms with Crippen molar-refractivity contribution in [3.05, 3.63) is 35.5 Å². The molecule has 3 rings (SSSR count). The SMILES string of the molecule is CC.CCCC.Cc1ccc(Nc2nc(N3CC(C)C(C)(F)C(CCN)C3)ncc2C#N)cc1N(C=O)CCC(C)(C)O. The fraction of sp³-hybridized carbons (Fsp3) is 0.636. The first-order chi connectivity index (χ1) is 20.3. The number of nitrogens with one attached hydrogen (secondary N) is 1. The lowest BCUT2D eigenvalue weighted by Crippen LogP contribution is -2.54. The van der Waals surface area contributed by atoms with Gasteiger partial charge in [0.25, 0.3) is 0 Å². The number of rotatable bonds is 11. The Morgan fingerprint density at radius 3 is 2.49 bits per heavy atom. The first-order valence-corrected chi connectivity index (χ1v) is 15.5. The molecule has 43 heavy (non-hydrogen) atoms. The minimum atomic E-state index is -1.34. The zero-order chi connectivity index (χ0) is 32.8. The predicted octanol–water partition coefficient (Wildman–Crippen LogP) is 6.51. The van der Waals surface area contributed by atoms with Gasteiger partial charge >= 0.3 is 0 Å². The van der Waals surface area contributed by atoms with E-state index < -0.39 is 11.3 Å². The summed E-state index contributed by atoms with van der Waals surface area (Å²) in [6.07, 6.45) is 5.82. The third-order valence-corrected chi connectivity index (χ3v) is 7.76. The van der Waals surface area contributed by atoms with Crippen molar-refractivity contribution in [2.24, 2.45) is 17.6 Å². The second-order valence-corrected chi connectivity index (χ2v) is 11.8. The van der Waals surface area contributed by atoms with Crippen molar-refractivity contribution >= 4 is 29.6 Å². The van der Waals surface area contributed by atoms with Crippen LogP contribution in [0.2, 0.25) is 0 Å². The van der Waals surface area contributed by atoms with E-state index in [1.165, 1.54) is 19.0 Å². The highest BCUT2D eigenvalue weighted by Crippen LogP contribution is 2.39. The van der Waals surface area contributed by atoms with E-state index in [1.807, 2.05) is 50.8 Å². The number of piperidine rings is 1. The van der Waals surface area contributed by atoms with Gasteiger partial charge in [-0.3, -0.25) is 4.79 Å². The van der Waals surface area contributed by atoms with Crippen LogP contribution in [0.3, 0.4) is 0 Å². The van der Waals surface area contributed by atoms with Gasteiger partial charge in [0.1, 0.15) is 17.3 Å². The van der Waals surface area contributed by atoms with Crippen LogP contribution in [-0.4, -0.2) is 58.9 Å². The van der Waals surface area contributed by atoms with E-state index >= 15 is 4.39 Å². The van der Waals surface area contributed by atoms with Crippen LogP contribution >= 0.6 is 0 Å². The molecular formula is C33H54FN7O2. The highest BCUT2D eigenvalue weighted by Gasteiger charge is 2.45.